The molecule has 1 rings (SSSR count). The molecule has 0 spiro atoms. The Morgan fingerprint density at radius 2 is 2.13 bits per heavy atom. The Bertz CT molecular complexity index is 315. The molecule has 1 aromatic carbocycles. The molecule has 0 bridgehead atoms. The van der Waals surface area contributed by atoms with Gasteiger partial charge in [-0.15, -0.1) is 0 Å². The summed E-state index contributed by atoms with van der Waals surface area (Å²) in [5.74, 6) is 0.323. The van der Waals surface area contributed by atoms with Gasteiger partial charge in [0.15, 0.2) is 11.6 Å². The molecule has 1 atom stereocenters. The second-order valence-electron chi connectivity index (χ2n) is 3.83. The van der Waals surface area contributed by atoms with E-state index in [4.69, 9.17) is 10.5 Å². The van der Waals surface area contributed by atoms with Crippen molar-refractivity contribution in [2.45, 2.75) is 26.2 Å². The Morgan fingerprint density at radius 3 is 2.60 bits per heavy atom. The van der Waals surface area contributed by atoms with Crippen molar-refractivity contribution in [2.24, 2.45) is 5.73 Å². The maximum absolute atomic E-state index is 13.6. The van der Waals surface area contributed by atoms with Crippen LogP contribution in [0.1, 0.15) is 30.4 Å². The zero-order valence-electron chi connectivity index (χ0n) is 9.51. The average Bonchev–Trinajstić information content (AvgIpc) is 2.17. The molecule has 0 saturated heterocycles. The number of halogens is 1. The number of hydrogen-bond acceptors (Lipinski definition) is 2. The van der Waals surface area contributed by atoms with Crippen molar-refractivity contribution in [3.05, 3.63) is 29.1 Å². The van der Waals surface area contributed by atoms with Crippen LogP contribution in [-0.2, 0) is 0 Å². The summed E-state index contributed by atoms with van der Waals surface area (Å²) in [4.78, 5) is 0. The maximum Gasteiger partial charge on any atom is 0.165 e. The van der Waals surface area contributed by atoms with Crippen molar-refractivity contribution in [2.75, 3.05) is 13.7 Å². The topological polar surface area (TPSA) is 35.2 Å². The molecule has 0 amide bonds. The number of rotatable bonds is 4. The SMILES string of the molecule is COc1c(C)cc(C(C)CCN)cc1F. The van der Waals surface area contributed by atoms with Crippen molar-refractivity contribution in [3.63, 3.8) is 0 Å². The van der Waals surface area contributed by atoms with Gasteiger partial charge in [0.05, 0.1) is 7.11 Å². The molecular formula is C12H18FNO. The van der Waals surface area contributed by atoms with E-state index in [1.54, 1.807) is 0 Å². The Morgan fingerprint density at radius 1 is 1.47 bits per heavy atom. The summed E-state index contributed by atoms with van der Waals surface area (Å²) in [7, 11) is 1.48. The molecule has 3 heteroatoms. The smallest absolute Gasteiger partial charge is 0.165 e. The third kappa shape index (κ3) is 2.69. The molecule has 2 N–H and O–H groups in total. The summed E-state index contributed by atoms with van der Waals surface area (Å²) in [6, 6.07) is 3.49. The summed E-state index contributed by atoms with van der Waals surface area (Å²) < 4.78 is 18.5. The predicted octanol–water partition coefficient (Wildman–Crippen LogP) is 2.60. The zero-order chi connectivity index (χ0) is 11.4. The number of hydrogen-bond donors (Lipinski definition) is 1. The minimum atomic E-state index is -0.295. The van der Waals surface area contributed by atoms with E-state index >= 15 is 0 Å². The van der Waals surface area contributed by atoms with Crippen LogP contribution in [0.15, 0.2) is 12.1 Å². The summed E-state index contributed by atoms with van der Waals surface area (Å²) >= 11 is 0. The van der Waals surface area contributed by atoms with E-state index in [-0.39, 0.29) is 11.7 Å². The first-order chi connectivity index (χ1) is 7.10. The highest BCUT2D eigenvalue weighted by Crippen LogP contribution is 2.28. The van der Waals surface area contributed by atoms with Crippen LogP contribution >= 0.6 is 0 Å². The molecule has 0 aliphatic carbocycles. The van der Waals surface area contributed by atoms with Crippen molar-refractivity contribution < 1.29 is 9.13 Å². The van der Waals surface area contributed by atoms with Gasteiger partial charge in [-0.2, -0.15) is 0 Å². The van der Waals surface area contributed by atoms with Gasteiger partial charge in [-0.3, -0.25) is 0 Å². The first kappa shape index (κ1) is 12.0. The zero-order valence-corrected chi connectivity index (χ0v) is 9.51. The lowest BCUT2D eigenvalue weighted by Gasteiger charge is -2.14. The fraction of sp³-hybridized carbons (Fsp3) is 0.500. The number of ether oxygens (including phenoxy) is 1. The molecular weight excluding hydrogens is 193 g/mol. The van der Waals surface area contributed by atoms with E-state index in [1.165, 1.54) is 13.2 Å². The van der Waals surface area contributed by atoms with Gasteiger partial charge < -0.3 is 10.5 Å². The highest BCUT2D eigenvalue weighted by atomic mass is 19.1. The van der Waals surface area contributed by atoms with Crippen LogP contribution in [-0.4, -0.2) is 13.7 Å². The largest absolute Gasteiger partial charge is 0.493 e. The Hall–Kier alpha value is -1.09. The van der Waals surface area contributed by atoms with Gasteiger partial charge in [0.25, 0.3) is 0 Å². The van der Waals surface area contributed by atoms with Crippen molar-refractivity contribution >= 4 is 0 Å². The van der Waals surface area contributed by atoms with E-state index in [1.807, 2.05) is 19.9 Å². The van der Waals surface area contributed by atoms with E-state index in [0.29, 0.717) is 12.3 Å². The fourth-order valence-corrected chi connectivity index (χ4v) is 1.72. The highest BCUT2D eigenvalue weighted by molar-refractivity contribution is 5.38. The Labute approximate surface area is 90.2 Å². The molecule has 1 unspecified atom stereocenters. The van der Waals surface area contributed by atoms with Gasteiger partial charge in [-0.1, -0.05) is 13.0 Å². The molecule has 1 aromatic rings. The van der Waals surface area contributed by atoms with Gasteiger partial charge in [0.2, 0.25) is 0 Å². The minimum absolute atomic E-state index is 0.286. The fourth-order valence-electron chi connectivity index (χ4n) is 1.72. The van der Waals surface area contributed by atoms with Crippen molar-refractivity contribution in [3.8, 4) is 5.75 Å². The van der Waals surface area contributed by atoms with Gasteiger partial charge in [0.1, 0.15) is 0 Å². The van der Waals surface area contributed by atoms with E-state index in [0.717, 1.165) is 17.5 Å². The molecule has 0 aliphatic heterocycles. The maximum atomic E-state index is 13.6. The molecule has 15 heavy (non-hydrogen) atoms. The van der Waals surface area contributed by atoms with Crippen LogP contribution in [0.5, 0.6) is 5.75 Å². The molecule has 2 nitrogen and oxygen atoms in total. The first-order valence-corrected chi connectivity index (χ1v) is 5.14. The predicted molar refractivity (Wildman–Crippen MR) is 59.8 cm³/mol. The van der Waals surface area contributed by atoms with Crippen LogP contribution < -0.4 is 10.5 Å². The van der Waals surface area contributed by atoms with Crippen LogP contribution in [0.4, 0.5) is 4.39 Å². The van der Waals surface area contributed by atoms with Crippen LogP contribution in [0, 0.1) is 12.7 Å². The first-order valence-electron chi connectivity index (χ1n) is 5.14. The quantitative estimate of drug-likeness (QED) is 0.830. The number of methoxy groups -OCH3 is 1. The average molecular weight is 211 g/mol. The highest BCUT2D eigenvalue weighted by Gasteiger charge is 2.12. The van der Waals surface area contributed by atoms with Gasteiger partial charge in [-0.05, 0) is 43.0 Å². The monoisotopic (exact) mass is 211 g/mol. The summed E-state index contributed by atoms with van der Waals surface area (Å²) in [5.41, 5.74) is 7.29. The normalized spacial score (nSPS) is 12.6. The Kier molecular flexibility index (Phi) is 4.09. The lowest BCUT2D eigenvalue weighted by atomic mass is 9.96. The number of benzene rings is 1. The van der Waals surface area contributed by atoms with E-state index in [9.17, 15) is 4.39 Å². The third-order valence-electron chi connectivity index (χ3n) is 2.62. The number of nitrogens with two attached hydrogens (primary N) is 1. The molecule has 0 saturated carbocycles. The molecule has 84 valence electrons. The van der Waals surface area contributed by atoms with Gasteiger partial charge in [0, 0.05) is 0 Å². The summed E-state index contributed by atoms with van der Waals surface area (Å²) in [5, 5.41) is 0. The molecule has 0 aromatic heterocycles. The van der Waals surface area contributed by atoms with Crippen LogP contribution in [0.3, 0.4) is 0 Å². The number of aryl methyl sites for hydroxylation is 1. The van der Waals surface area contributed by atoms with E-state index in [2.05, 4.69) is 0 Å². The summed E-state index contributed by atoms with van der Waals surface area (Å²) in [6.07, 6.45) is 0.866. The summed E-state index contributed by atoms with van der Waals surface area (Å²) in [6.45, 7) is 4.52. The van der Waals surface area contributed by atoms with Gasteiger partial charge >= 0.3 is 0 Å². The molecule has 0 fully saturated rings. The minimum Gasteiger partial charge on any atom is -0.493 e. The second-order valence-corrected chi connectivity index (χ2v) is 3.83. The van der Waals surface area contributed by atoms with Crippen LogP contribution in [0.2, 0.25) is 0 Å². The van der Waals surface area contributed by atoms with Gasteiger partial charge in [-0.25, -0.2) is 4.39 Å². The van der Waals surface area contributed by atoms with E-state index < -0.39 is 0 Å². The molecule has 0 aliphatic rings. The molecule has 0 radical (unpaired) electrons. The standard InChI is InChI=1S/C12H18FNO/c1-8(4-5-14)10-6-9(2)12(15-3)11(13)7-10/h6-8H,4-5,14H2,1-3H3. The lowest BCUT2D eigenvalue weighted by Crippen LogP contribution is -2.05. The second kappa shape index (κ2) is 5.12. The Balaban J connectivity index is 3.02. The molecule has 0 heterocycles. The lowest BCUT2D eigenvalue weighted by molar-refractivity contribution is 0.382. The van der Waals surface area contributed by atoms with Crippen LogP contribution in [0.25, 0.3) is 0 Å². The third-order valence-corrected chi connectivity index (χ3v) is 2.62. The van der Waals surface area contributed by atoms with Crippen molar-refractivity contribution in [1.82, 2.24) is 0 Å². The van der Waals surface area contributed by atoms with Crippen molar-refractivity contribution in [1.29, 1.82) is 0 Å².